The van der Waals surface area contributed by atoms with Crippen molar-refractivity contribution in [3.05, 3.63) is 70.3 Å². The van der Waals surface area contributed by atoms with Gasteiger partial charge >= 0.3 is 0 Å². The molecule has 0 aromatic heterocycles. The Morgan fingerprint density at radius 2 is 2.03 bits per heavy atom. The van der Waals surface area contributed by atoms with E-state index in [-0.39, 0.29) is 12.5 Å². The van der Waals surface area contributed by atoms with Crippen LogP contribution in [0.4, 0.5) is 0 Å². The fourth-order valence-electron chi connectivity index (χ4n) is 3.97. The van der Waals surface area contributed by atoms with Crippen LogP contribution in [0.15, 0.2) is 48.0 Å². The third kappa shape index (κ3) is 3.11. The maximum absolute atomic E-state index is 13.3. The monoisotopic (exact) mass is 403 g/mol. The Labute approximate surface area is 174 Å². The first kappa shape index (κ1) is 19.7. The van der Waals surface area contributed by atoms with Crippen LogP contribution >= 0.6 is 0 Å². The Kier molecular flexibility index (Phi) is 4.80. The normalized spacial score (nSPS) is 16.5. The van der Waals surface area contributed by atoms with Crippen molar-refractivity contribution in [2.75, 3.05) is 13.7 Å². The van der Waals surface area contributed by atoms with E-state index in [4.69, 9.17) is 9.57 Å². The van der Waals surface area contributed by atoms with E-state index in [1.165, 1.54) is 7.11 Å². The lowest BCUT2D eigenvalue weighted by Gasteiger charge is -2.40. The van der Waals surface area contributed by atoms with Crippen molar-refractivity contribution in [2.45, 2.75) is 26.0 Å². The van der Waals surface area contributed by atoms with E-state index in [0.29, 0.717) is 46.7 Å². The Morgan fingerprint density at radius 3 is 2.70 bits per heavy atom. The van der Waals surface area contributed by atoms with Gasteiger partial charge in [0.05, 0.1) is 37.5 Å². The maximum Gasteiger partial charge on any atom is 0.258 e. The van der Waals surface area contributed by atoms with Crippen LogP contribution in [0.5, 0.6) is 5.75 Å². The molecule has 0 saturated heterocycles. The molecule has 0 bridgehead atoms. The molecule has 2 heterocycles. The molecule has 4 rings (SSSR count). The van der Waals surface area contributed by atoms with Gasteiger partial charge in [-0.2, -0.15) is 5.26 Å². The minimum atomic E-state index is -0.814. The number of carbonyl (C=O) groups is 2. The van der Waals surface area contributed by atoms with E-state index in [9.17, 15) is 14.9 Å². The molecule has 0 fully saturated rings. The molecular formula is C23H21N3O4. The number of hydrogen-bond acceptors (Lipinski definition) is 5. The minimum absolute atomic E-state index is 0.110. The number of hydroxylamine groups is 2. The van der Waals surface area contributed by atoms with Crippen molar-refractivity contribution in [1.29, 1.82) is 5.26 Å². The van der Waals surface area contributed by atoms with Gasteiger partial charge in [-0.1, -0.05) is 18.2 Å². The van der Waals surface area contributed by atoms with E-state index in [2.05, 4.69) is 6.07 Å². The molecule has 0 radical (unpaired) electrons. The second-order valence-electron chi connectivity index (χ2n) is 7.67. The summed E-state index contributed by atoms with van der Waals surface area (Å²) in [5.74, 6) is 0.454. The van der Waals surface area contributed by atoms with Crippen LogP contribution in [0, 0.1) is 11.3 Å². The van der Waals surface area contributed by atoms with E-state index < -0.39 is 5.60 Å². The summed E-state index contributed by atoms with van der Waals surface area (Å²) in [5, 5.41) is 10.6. The predicted molar refractivity (Wildman–Crippen MR) is 109 cm³/mol. The summed E-state index contributed by atoms with van der Waals surface area (Å²) in [4.78, 5) is 31.6. The van der Waals surface area contributed by atoms with Crippen molar-refractivity contribution >= 4 is 18.0 Å². The molecule has 152 valence electrons. The van der Waals surface area contributed by atoms with E-state index in [0.717, 1.165) is 10.6 Å². The molecule has 7 nitrogen and oxygen atoms in total. The summed E-state index contributed by atoms with van der Waals surface area (Å²) in [6, 6.07) is 14.8. The summed E-state index contributed by atoms with van der Waals surface area (Å²) < 4.78 is 6.22. The van der Waals surface area contributed by atoms with Crippen LogP contribution in [0.1, 0.15) is 40.9 Å². The average molecular weight is 403 g/mol. The zero-order valence-electron chi connectivity index (χ0n) is 17.0. The first-order valence-corrected chi connectivity index (χ1v) is 9.52. The molecule has 2 aliphatic heterocycles. The molecule has 0 saturated carbocycles. The van der Waals surface area contributed by atoms with Gasteiger partial charge in [-0.25, -0.2) is 5.06 Å². The van der Waals surface area contributed by atoms with Gasteiger partial charge in [-0.3, -0.25) is 14.4 Å². The van der Waals surface area contributed by atoms with Crippen molar-refractivity contribution in [3.8, 4) is 11.8 Å². The maximum atomic E-state index is 13.3. The highest BCUT2D eigenvalue weighted by Crippen LogP contribution is 2.45. The van der Waals surface area contributed by atoms with Crippen molar-refractivity contribution in [2.24, 2.45) is 0 Å². The summed E-state index contributed by atoms with van der Waals surface area (Å²) in [7, 11) is 1.41. The molecule has 2 aromatic carbocycles. The van der Waals surface area contributed by atoms with Gasteiger partial charge < -0.3 is 9.64 Å². The Hall–Kier alpha value is -3.63. The second-order valence-corrected chi connectivity index (χ2v) is 7.67. The van der Waals surface area contributed by atoms with Crippen molar-refractivity contribution < 1.29 is 19.2 Å². The van der Waals surface area contributed by atoms with Gasteiger partial charge in [-0.15, -0.1) is 0 Å². The van der Waals surface area contributed by atoms with Crippen LogP contribution in [0.25, 0.3) is 5.70 Å². The lowest BCUT2D eigenvalue weighted by Crippen LogP contribution is -2.43. The van der Waals surface area contributed by atoms with Gasteiger partial charge in [0.15, 0.2) is 0 Å². The smallest absolute Gasteiger partial charge is 0.258 e. The summed E-state index contributed by atoms with van der Waals surface area (Å²) in [6.07, 6.45) is 0.586. The van der Waals surface area contributed by atoms with Gasteiger partial charge in [0.1, 0.15) is 11.4 Å². The zero-order chi connectivity index (χ0) is 21.5. The number of ether oxygens (including phenoxy) is 1. The first-order valence-electron chi connectivity index (χ1n) is 9.52. The highest BCUT2D eigenvalue weighted by atomic mass is 16.7. The third-order valence-electron chi connectivity index (χ3n) is 5.50. The molecule has 7 heteroatoms. The number of nitriles is 1. The lowest BCUT2D eigenvalue weighted by atomic mass is 9.88. The molecule has 0 spiro atoms. The van der Waals surface area contributed by atoms with Gasteiger partial charge in [0.25, 0.3) is 5.91 Å². The molecule has 2 amide bonds. The van der Waals surface area contributed by atoms with Gasteiger partial charge in [0, 0.05) is 16.7 Å². The van der Waals surface area contributed by atoms with E-state index >= 15 is 0 Å². The topological polar surface area (TPSA) is 82.9 Å². The van der Waals surface area contributed by atoms with Crippen molar-refractivity contribution in [1.82, 2.24) is 9.96 Å². The highest BCUT2D eigenvalue weighted by Gasteiger charge is 2.41. The molecular weight excluding hydrogens is 382 g/mol. The molecule has 0 unspecified atom stereocenters. The SMILES string of the molecule is CON(C=O)CC1=C(N2Cc3ccccc3C2=O)c2cc(C#N)ccc2OC1(C)C. The molecule has 2 aromatic rings. The van der Waals surface area contributed by atoms with Crippen LogP contribution in [-0.2, 0) is 16.2 Å². The third-order valence-corrected chi connectivity index (χ3v) is 5.50. The largest absolute Gasteiger partial charge is 0.483 e. The molecule has 2 aliphatic rings. The molecule has 0 atom stereocenters. The predicted octanol–water partition coefficient (Wildman–Crippen LogP) is 3.12. The van der Waals surface area contributed by atoms with Crippen LogP contribution in [-0.4, -0.2) is 41.5 Å². The standard InChI is InChI=1S/C23H21N3O4/c1-23(2)19(13-25(14-27)29-3)21(18-10-15(11-24)8-9-20(18)30-23)26-12-16-6-4-5-7-17(16)22(26)28/h4-10,14H,12-13H2,1-3H3. The van der Waals surface area contributed by atoms with Gasteiger partial charge in [-0.05, 0) is 43.7 Å². The molecule has 0 N–H and O–H groups in total. The summed E-state index contributed by atoms with van der Waals surface area (Å²) in [5.41, 5.74) is 3.21. The number of fused-ring (bicyclic) bond motifs is 2. The van der Waals surface area contributed by atoms with Crippen molar-refractivity contribution in [3.63, 3.8) is 0 Å². The fourth-order valence-corrected chi connectivity index (χ4v) is 3.97. The lowest BCUT2D eigenvalue weighted by molar-refractivity contribution is -0.159. The highest BCUT2D eigenvalue weighted by molar-refractivity contribution is 6.04. The Balaban J connectivity index is 1.95. The number of nitrogens with zero attached hydrogens (tertiary/aromatic N) is 3. The second kappa shape index (κ2) is 7.32. The van der Waals surface area contributed by atoms with E-state index in [1.807, 2.05) is 38.1 Å². The van der Waals surface area contributed by atoms with Crippen LogP contribution < -0.4 is 4.74 Å². The number of hydrogen-bond donors (Lipinski definition) is 0. The average Bonchev–Trinajstić information content (AvgIpc) is 3.07. The van der Waals surface area contributed by atoms with Crippen LogP contribution in [0.3, 0.4) is 0 Å². The van der Waals surface area contributed by atoms with Crippen LogP contribution in [0.2, 0.25) is 0 Å². The molecule has 30 heavy (non-hydrogen) atoms. The number of amides is 2. The zero-order valence-corrected chi connectivity index (χ0v) is 17.0. The first-order chi connectivity index (χ1) is 14.4. The fraction of sp³-hybridized carbons (Fsp3) is 0.261. The minimum Gasteiger partial charge on any atom is -0.483 e. The quantitative estimate of drug-likeness (QED) is 0.566. The Morgan fingerprint density at radius 1 is 1.27 bits per heavy atom. The summed E-state index contributed by atoms with van der Waals surface area (Å²) in [6.45, 7) is 4.28. The Bertz CT molecular complexity index is 1110. The summed E-state index contributed by atoms with van der Waals surface area (Å²) >= 11 is 0. The van der Waals surface area contributed by atoms with E-state index in [1.54, 1.807) is 23.1 Å². The molecule has 0 aliphatic carbocycles. The number of benzene rings is 2. The van der Waals surface area contributed by atoms with Gasteiger partial charge in [0.2, 0.25) is 6.41 Å². The number of rotatable bonds is 5. The number of carbonyl (C=O) groups excluding carboxylic acids is 2.